The number of aromatic hydroxyl groups is 1. The van der Waals surface area contributed by atoms with Crippen molar-refractivity contribution in [2.45, 2.75) is 57.8 Å². The second-order valence-corrected chi connectivity index (χ2v) is 14.7. The maximum atomic E-state index is 14.3. The van der Waals surface area contributed by atoms with Crippen molar-refractivity contribution in [1.29, 1.82) is 0 Å². The monoisotopic (exact) mass is 732 g/mol. The molecule has 12 nitrogen and oxygen atoms in total. The summed E-state index contributed by atoms with van der Waals surface area (Å²) in [6.07, 6.45) is 0.627. The normalized spacial score (nSPS) is 16.6. The largest absolute Gasteiger partial charge is 0.495 e. The van der Waals surface area contributed by atoms with Gasteiger partial charge in [-0.2, -0.15) is 18.2 Å². The zero-order chi connectivity index (χ0) is 37.1. The summed E-state index contributed by atoms with van der Waals surface area (Å²) in [4.78, 5) is 22.3. The van der Waals surface area contributed by atoms with Gasteiger partial charge in [0.25, 0.3) is 0 Å². The van der Waals surface area contributed by atoms with Gasteiger partial charge in [-0.15, -0.1) is 0 Å². The Hall–Kier alpha value is -4.33. The predicted octanol–water partition coefficient (Wildman–Crippen LogP) is 8.32. The number of aryl methyl sites for hydroxylation is 1. The number of halogens is 3. The molecular formula is C35H44F3N6O6P. The van der Waals surface area contributed by atoms with E-state index in [1.54, 1.807) is 70.4 Å². The average Bonchev–Trinajstić information content (AvgIpc) is 3.38. The minimum Gasteiger partial charge on any atom is -0.495 e. The predicted molar refractivity (Wildman–Crippen MR) is 189 cm³/mol. The Kier molecular flexibility index (Phi) is 11.5. The summed E-state index contributed by atoms with van der Waals surface area (Å²) in [5, 5.41) is 17.9. The van der Waals surface area contributed by atoms with E-state index in [1.165, 1.54) is 11.7 Å². The first-order valence-corrected chi connectivity index (χ1v) is 18.5. The summed E-state index contributed by atoms with van der Waals surface area (Å²) in [5.74, 6) is -0.314. The third kappa shape index (κ3) is 8.43. The molecule has 0 unspecified atom stereocenters. The van der Waals surface area contributed by atoms with E-state index >= 15 is 0 Å². The Morgan fingerprint density at radius 2 is 1.73 bits per heavy atom. The van der Waals surface area contributed by atoms with Crippen LogP contribution in [-0.4, -0.2) is 64.9 Å². The van der Waals surface area contributed by atoms with Crippen molar-refractivity contribution in [3.05, 3.63) is 59.4 Å². The second-order valence-electron chi connectivity index (χ2n) is 12.7. The van der Waals surface area contributed by atoms with E-state index in [2.05, 4.69) is 20.6 Å². The number of carbonyl (C=O) groups excluding carboxylic acids is 1. The van der Waals surface area contributed by atoms with E-state index in [9.17, 15) is 27.6 Å². The van der Waals surface area contributed by atoms with Crippen LogP contribution < -0.4 is 15.4 Å². The van der Waals surface area contributed by atoms with Gasteiger partial charge in [0.05, 0.1) is 43.2 Å². The fraction of sp³-hybridized carbons (Fsp3) is 0.457. The first-order chi connectivity index (χ1) is 24.2. The van der Waals surface area contributed by atoms with E-state index in [1.807, 2.05) is 6.07 Å². The van der Waals surface area contributed by atoms with Crippen LogP contribution in [0.2, 0.25) is 0 Å². The smallest absolute Gasteiger partial charge is 0.421 e. The Morgan fingerprint density at radius 1 is 1.06 bits per heavy atom. The number of methoxy groups -OCH3 is 1. The lowest BCUT2D eigenvalue weighted by molar-refractivity contribution is -0.137. The molecule has 51 heavy (non-hydrogen) atoms. The molecule has 0 spiro atoms. The van der Waals surface area contributed by atoms with Crippen molar-refractivity contribution in [3.8, 4) is 11.6 Å². The highest BCUT2D eigenvalue weighted by Gasteiger charge is 2.36. The number of nitrogens with one attached hydrogen (secondary N) is 2. The van der Waals surface area contributed by atoms with Gasteiger partial charge in [-0.05, 0) is 74.8 Å². The number of anilines is 4. The van der Waals surface area contributed by atoms with Crippen LogP contribution in [0.3, 0.4) is 0 Å². The quantitative estimate of drug-likeness (QED) is 0.115. The van der Waals surface area contributed by atoms with E-state index in [-0.39, 0.29) is 54.6 Å². The van der Waals surface area contributed by atoms with Crippen LogP contribution in [0.15, 0.2) is 42.7 Å². The summed E-state index contributed by atoms with van der Waals surface area (Å²) in [6.45, 7) is 3.85. The summed E-state index contributed by atoms with van der Waals surface area (Å²) < 4.78 is 73.7. The number of hydrogen-bond donors (Lipinski definition) is 3. The maximum absolute atomic E-state index is 14.3. The van der Waals surface area contributed by atoms with Crippen molar-refractivity contribution in [2.24, 2.45) is 13.0 Å². The molecule has 5 rings (SSSR count). The van der Waals surface area contributed by atoms with Crippen molar-refractivity contribution in [1.82, 2.24) is 19.4 Å². The first kappa shape index (κ1) is 37.9. The molecular weight excluding hydrogens is 688 g/mol. The van der Waals surface area contributed by atoms with E-state index in [0.29, 0.717) is 34.0 Å². The van der Waals surface area contributed by atoms with Crippen LogP contribution in [0.1, 0.15) is 62.1 Å². The molecule has 2 aromatic carbocycles. The molecule has 1 saturated carbocycles. The average molecular weight is 733 g/mol. The van der Waals surface area contributed by atoms with E-state index in [4.69, 9.17) is 13.8 Å². The first-order valence-electron chi connectivity index (χ1n) is 16.7. The van der Waals surface area contributed by atoms with E-state index in [0.717, 1.165) is 31.2 Å². The molecule has 2 aromatic heterocycles. The molecule has 0 aliphatic heterocycles. The molecule has 2 heterocycles. The third-order valence-electron chi connectivity index (χ3n) is 9.00. The standard InChI is InChI=1S/C35H44F3N6O6P/c1-7-49-51(47,50-8-2)20-21-9-15-27(29(17-21)48-6)41-34-39-18-26(35(36,37)38)31(42-34)40-28-16-14-24(25-19-44(5)33(46)30(25)28)22-10-12-23(13-11-22)32(45)43(3)4/h9,14-19,22-23,46H,7-8,10-13,20H2,1-6H3,(H2,39,40,41,42). The Labute approximate surface area is 294 Å². The molecule has 0 bridgehead atoms. The van der Waals surface area contributed by atoms with Gasteiger partial charge in [0, 0.05) is 44.8 Å². The summed E-state index contributed by atoms with van der Waals surface area (Å²) in [7, 11) is 3.18. The van der Waals surface area contributed by atoms with Crippen molar-refractivity contribution < 1.29 is 41.4 Å². The molecule has 1 aliphatic carbocycles. The molecule has 0 radical (unpaired) electrons. The molecule has 0 saturated heterocycles. The Bertz CT molecular complexity index is 1920. The zero-order valence-corrected chi connectivity index (χ0v) is 30.4. The van der Waals surface area contributed by atoms with Gasteiger partial charge in [-0.25, -0.2) is 4.98 Å². The van der Waals surface area contributed by atoms with Crippen molar-refractivity contribution in [2.75, 3.05) is 45.1 Å². The zero-order valence-electron chi connectivity index (χ0n) is 29.5. The van der Waals surface area contributed by atoms with Crippen LogP contribution in [0, 0.1) is 5.92 Å². The van der Waals surface area contributed by atoms with Gasteiger partial charge >= 0.3 is 13.8 Å². The Morgan fingerprint density at radius 3 is 2.33 bits per heavy atom. The number of rotatable bonds is 13. The Balaban J connectivity index is 1.45. The summed E-state index contributed by atoms with van der Waals surface area (Å²) in [5.41, 5.74) is 1.04. The molecule has 276 valence electrons. The van der Waals surface area contributed by atoms with Crippen LogP contribution >= 0.6 is 7.60 Å². The maximum Gasteiger partial charge on any atom is 0.421 e. The summed E-state index contributed by atoms with van der Waals surface area (Å²) in [6, 6.07) is 8.41. The second kappa shape index (κ2) is 15.5. The fourth-order valence-electron chi connectivity index (χ4n) is 6.60. The topological polar surface area (TPSA) is 140 Å². The number of aromatic nitrogens is 3. The number of alkyl halides is 3. The number of ether oxygens (including phenoxy) is 1. The van der Waals surface area contributed by atoms with Gasteiger partial charge in [0.15, 0.2) is 0 Å². The lowest BCUT2D eigenvalue weighted by Gasteiger charge is -2.30. The molecule has 1 amide bonds. The van der Waals surface area contributed by atoms with E-state index < -0.39 is 25.2 Å². The number of hydrogen-bond acceptors (Lipinski definition) is 10. The van der Waals surface area contributed by atoms with Gasteiger partial charge in [-0.3, -0.25) is 9.36 Å². The van der Waals surface area contributed by atoms with Crippen molar-refractivity contribution in [3.63, 3.8) is 0 Å². The highest BCUT2D eigenvalue weighted by atomic mass is 31.2. The molecule has 16 heteroatoms. The van der Waals surface area contributed by atoms with Gasteiger partial charge < -0.3 is 39.0 Å². The highest BCUT2D eigenvalue weighted by molar-refractivity contribution is 7.53. The van der Waals surface area contributed by atoms with Crippen molar-refractivity contribution >= 4 is 47.4 Å². The molecule has 1 aliphatic rings. The number of carbonyl (C=O) groups is 1. The molecule has 4 aromatic rings. The highest BCUT2D eigenvalue weighted by Crippen LogP contribution is 2.52. The molecule has 1 fully saturated rings. The number of amides is 1. The molecule has 3 N–H and O–H groups in total. The minimum atomic E-state index is -4.80. The lowest BCUT2D eigenvalue weighted by atomic mass is 9.77. The minimum absolute atomic E-state index is 0.00679. The lowest BCUT2D eigenvalue weighted by Crippen LogP contribution is -2.32. The van der Waals surface area contributed by atoms with Crippen LogP contribution in [0.4, 0.5) is 36.3 Å². The number of nitrogens with zero attached hydrogens (tertiary/aromatic N) is 4. The fourth-order valence-corrected chi connectivity index (χ4v) is 8.29. The summed E-state index contributed by atoms with van der Waals surface area (Å²) >= 11 is 0. The number of benzene rings is 2. The van der Waals surface area contributed by atoms with Gasteiger partial charge in [0.1, 0.15) is 17.1 Å². The van der Waals surface area contributed by atoms with Crippen LogP contribution in [-0.2, 0) is 37.8 Å². The number of fused-ring (bicyclic) bond motifs is 1. The van der Waals surface area contributed by atoms with Gasteiger partial charge in [0.2, 0.25) is 17.7 Å². The van der Waals surface area contributed by atoms with Gasteiger partial charge in [-0.1, -0.05) is 12.1 Å². The van der Waals surface area contributed by atoms with Crippen LogP contribution in [0.5, 0.6) is 11.6 Å². The SMILES string of the molecule is CCOP(=O)(Cc1ccc(Nc2ncc(C(F)(F)F)c(Nc3ccc(C4CCC(C(=O)N(C)C)CC4)c4cn(C)c(O)c34)n2)c(OC)c1)OCC. The third-order valence-corrected chi connectivity index (χ3v) is 11.1. The molecule has 0 atom stereocenters. The van der Waals surface area contributed by atoms with Crippen LogP contribution in [0.25, 0.3) is 10.8 Å².